The lowest BCUT2D eigenvalue weighted by atomic mass is 9.87. The maximum atomic E-state index is 11.0. The van der Waals surface area contributed by atoms with E-state index in [9.17, 15) is 9.59 Å². The average Bonchev–Trinajstić information content (AvgIpc) is 2.18. The van der Waals surface area contributed by atoms with Crippen LogP contribution in [0.2, 0.25) is 0 Å². The fourth-order valence-corrected chi connectivity index (χ4v) is 1.70. The van der Waals surface area contributed by atoms with Crippen molar-refractivity contribution in [3.05, 3.63) is 0 Å². The van der Waals surface area contributed by atoms with Crippen molar-refractivity contribution in [3.63, 3.8) is 0 Å². The van der Waals surface area contributed by atoms with E-state index < -0.39 is 5.97 Å². The first-order valence-electron chi connectivity index (χ1n) is 5.05. The zero-order valence-electron chi connectivity index (χ0n) is 8.36. The van der Waals surface area contributed by atoms with Crippen LogP contribution in [0.5, 0.6) is 0 Å². The summed E-state index contributed by atoms with van der Waals surface area (Å²) in [6.07, 6.45) is 2.94. The van der Waals surface area contributed by atoms with Crippen molar-refractivity contribution in [1.29, 1.82) is 0 Å². The largest absolute Gasteiger partial charge is 0.481 e. The molecule has 1 aliphatic carbocycles. The van der Waals surface area contributed by atoms with E-state index in [1.54, 1.807) is 6.92 Å². The van der Waals surface area contributed by atoms with Gasteiger partial charge in [-0.15, -0.1) is 0 Å². The van der Waals surface area contributed by atoms with Crippen LogP contribution in [-0.4, -0.2) is 23.1 Å². The summed E-state index contributed by atoms with van der Waals surface area (Å²) in [4.78, 5) is 21.6. The van der Waals surface area contributed by atoms with Crippen LogP contribution < -0.4 is 0 Å². The molecule has 4 heteroatoms. The molecule has 0 atom stereocenters. The summed E-state index contributed by atoms with van der Waals surface area (Å²) in [7, 11) is 0. The Kier molecular flexibility index (Phi) is 3.92. The Balaban J connectivity index is 2.29. The van der Waals surface area contributed by atoms with Crippen molar-refractivity contribution in [1.82, 2.24) is 0 Å². The number of carboxylic acids is 1. The first-order chi connectivity index (χ1) is 6.63. The first-order valence-corrected chi connectivity index (χ1v) is 5.05. The van der Waals surface area contributed by atoms with Crippen molar-refractivity contribution in [3.8, 4) is 0 Å². The molecule has 0 radical (unpaired) electrons. The third-order valence-corrected chi connectivity index (χ3v) is 2.61. The summed E-state index contributed by atoms with van der Waals surface area (Å²) < 4.78 is 5.14. The van der Waals surface area contributed by atoms with Gasteiger partial charge in [-0.2, -0.15) is 0 Å². The molecule has 0 saturated heterocycles. The van der Waals surface area contributed by atoms with Gasteiger partial charge >= 0.3 is 11.9 Å². The lowest BCUT2D eigenvalue weighted by Crippen LogP contribution is -2.27. The van der Waals surface area contributed by atoms with E-state index in [1.165, 1.54) is 0 Å². The van der Waals surface area contributed by atoms with Crippen molar-refractivity contribution in [2.75, 3.05) is 0 Å². The summed E-state index contributed by atoms with van der Waals surface area (Å²) in [5, 5.41) is 8.74. The molecule has 1 saturated carbocycles. The number of carbonyl (C=O) groups excluding carboxylic acids is 1. The topological polar surface area (TPSA) is 63.6 Å². The van der Waals surface area contributed by atoms with Gasteiger partial charge in [-0.25, -0.2) is 0 Å². The Morgan fingerprint density at radius 3 is 2.29 bits per heavy atom. The Bertz CT molecular complexity index is 216. The molecule has 0 aromatic heterocycles. The van der Waals surface area contributed by atoms with Crippen LogP contribution in [0.25, 0.3) is 0 Å². The molecule has 0 spiro atoms. The van der Waals surface area contributed by atoms with Crippen molar-refractivity contribution in [2.24, 2.45) is 5.92 Å². The van der Waals surface area contributed by atoms with Crippen LogP contribution in [0.15, 0.2) is 0 Å². The molecule has 1 rings (SSSR count). The number of esters is 1. The van der Waals surface area contributed by atoms with Gasteiger partial charge in [-0.05, 0) is 25.7 Å². The number of carbonyl (C=O) groups is 2. The number of aliphatic carboxylic acids is 1. The molecule has 0 amide bonds. The number of ether oxygens (including phenoxy) is 1. The van der Waals surface area contributed by atoms with Gasteiger partial charge in [0.25, 0.3) is 0 Å². The fraction of sp³-hybridized carbons (Fsp3) is 0.800. The molecule has 0 aromatic rings. The summed E-state index contributed by atoms with van der Waals surface area (Å²) >= 11 is 0. The van der Waals surface area contributed by atoms with Gasteiger partial charge in [0.05, 0.1) is 5.92 Å². The summed E-state index contributed by atoms with van der Waals surface area (Å²) in [6, 6.07) is 0. The molecule has 0 heterocycles. The Morgan fingerprint density at radius 2 is 1.86 bits per heavy atom. The minimum absolute atomic E-state index is 0.0574. The zero-order valence-corrected chi connectivity index (χ0v) is 8.36. The van der Waals surface area contributed by atoms with Gasteiger partial charge in [-0.3, -0.25) is 9.59 Å². The minimum Gasteiger partial charge on any atom is -0.481 e. The number of rotatable bonds is 3. The van der Waals surface area contributed by atoms with E-state index in [-0.39, 0.29) is 18.0 Å². The second-order valence-electron chi connectivity index (χ2n) is 3.66. The van der Waals surface area contributed by atoms with Crippen LogP contribution in [0.1, 0.15) is 39.0 Å². The molecule has 1 N–H and O–H groups in total. The Labute approximate surface area is 83.2 Å². The average molecular weight is 200 g/mol. The molecule has 0 bridgehead atoms. The van der Waals surface area contributed by atoms with Gasteiger partial charge in [-0.1, -0.05) is 6.92 Å². The highest BCUT2D eigenvalue weighted by atomic mass is 16.5. The molecule has 0 aliphatic heterocycles. The maximum Gasteiger partial charge on any atom is 0.306 e. The van der Waals surface area contributed by atoms with E-state index in [2.05, 4.69) is 0 Å². The second kappa shape index (κ2) is 4.98. The monoisotopic (exact) mass is 200 g/mol. The molecule has 1 aliphatic rings. The van der Waals surface area contributed by atoms with E-state index in [0.29, 0.717) is 32.1 Å². The predicted molar refractivity (Wildman–Crippen MR) is 49.8 cm³/mol. The smallest absolute Gasteiger partial charge is 0.306 e. The quantitative estimate of drug-likeness (QED) is 0.702. The molecular formula is C10H16O4. The van der Waals surface area contributed by atoms with Gasteiger partial charge in [0.2, 0.25) is 0 Å². The molecule has 4 nitrogen and oxygen atoms in total. The molecule has 0 aromatic carbocycles. The second-order valence-corrected chi connectivity index (χ2v) is 3.66. The summed E-state index contributed by atoms with van der Waals surface area (Å²) in [6.45, 7) is 1.76. The Hall–Kier alpha value is -1.06. The lowest BCUT2D eigenvalue weighted by Gasteiger charge is -2.25. The van der Waals surface area contributed by atoms with Crippen LogP contribution in [0.3, 0.4) is 0 Å². The number of hydrogen-bond donors (Lipinski definition) is 1. The third-order valence-electron chi connectivity index (χ3n) is 2.61. The van der Waals surface area contributed by atoms with Crippen LogP contribution in [-0.2, 0) is 14.3 Å². The fourth-order valence-electron chi connectivity index (χ4n) is 1.70. The van der Waals surface area contributed by atoms with Crippen molar-refractivity contribution < 1.29 is 19.4 Å². The van der Waals surface area contributed by atoms with Crippen molar-refractivity contribution in [2.45, 2.75) is 45.1 Å². The van der Waals surface area contributed by atoms with E-state index in [4.69, 9.17) is 9.84 Å². The normalized spacial score (nSPS) is 26.9. The van der Waals surface area contributed by atoms with Crippen LogP contribution in [0, 0.1) is 5.92 Å². The molecule has 1 fully saturated rings. The SMILES string of the molecule is CCC(=O)O[C@H]1CC[C@@H](C(=O)O)CC1. The van der Waals surface area contributed by atoms with Gasteiger partial charge in [0.15, 0.2) is 0 Å². The lowest BCUT2D eigenvalue weighted by molar-refractivity contribution is -0.152. The summed E-state index contributed by atoms with van der Waals surface area (Å²) in [5.41, 5.74) is 0. The van der Waals surface area contributed by atoms with Gasteiger partial charge in [0, 0.05) is 6.42 Å². The van der Waals surface area contributed by atoms with Gasteiger partial charge < -0.3 is 9.84 Å². The van der Waals surface area contributed by atoms with Crippen LogP contribution >= 0.6 is 0 Å². The highest BCUT2D eigenvalue weighted by molar-refractivity contribution is 5.70. The van der Waals surface area contributed by atoms with Crippen molar-refractivity contribution >= 4 is 11.9 Å². The van der Waals surface area contributed by atoms with E-state index in [1.807, 2.05) is 0 Å². The van der Waals surface area contributed by atoms with E-state index >= 15 is 0 Å². The highest BCUT2D eigenvalue weighted by Crippen LogP contribution is 2.26. The maximum absolute atomic E-state index is 11.0. The molecule has 80 valence electrons. The minimum atomic E-state index is -0.731. The predicted octanol–water partition coefficient (Wildman–Crippen LogP) is 1.58. The number of carboxylic acid groups (broad SMARTS) is 1. The first kappa shape index (κ1) is 11.0. The number of hydrogen-bond acceptors (Lipinski definition) is 3. The van der Waals surface area contributed by atoms with Crippen LogP contribution in [0.4, 0.5) is 0 Å². The van der Waals surface area contributed by atoms with Gasteiger partial charge in [0.1, 0.15) is 6.10 Å². The highest BCUT2D eigenvalue weighted by Gasteiger charge is 2.27. The zero-order chi connectivity index (χ0) is 10.6. The van der Waals surface area contributed by atoms with E-state index in [0.717, 1.165) is 0 Å². The summed E-state index contributed by atoms with van der Waals surface area (Å²) in [5.74, 6) is -1.17. The third kappa shape index (κ3) is 3.01. The molecular weight excluding hydrogens is 184 g/mol. The Morgan fingerprint density at radius 1 is 1.29 bits per heavy atom. The standard InChI is InChI=1S/C10H16O4/c1-2-9(11)14-8-5-3-7(4-6-8)10(12)13/h7-8H,2-6H2,1H3,(H,12,13)/t7-,8+. The molecule has 14 heavy (non-hydrogen) atoms. The molecule has 0 unspecified atom stereocenters.